The molecule has 0 spiro atoms. The Morgan fingerprint density at radius 1 is 1.13 bits per heavy atom. The number of halogens is 2. The van der Waals surface area contributed by atoms with E-state index in [2.05, 4.69) is 6.58 Å². The summed E-state index contributed by atoms with van der Waals surface area (Å²) in [5.41, 5.74) is 0.591. The van der Waals surface area contributed by atoms with Crippen molar-refractivity contribution in [2.75, 3.05) is 26.2 Å². The van der Waals surface area contributed by atoms with E-state index < -0.39 is 0 Å². The van der Waals surface area contributed by atoms with E-state index in [0.29, 0.717) is 43.2 Å². The molecule has 0 saturated carbocycles. The van der Waals surface area contributed by atoms with Gasteiger partial charge in [0.05, 0.1) is 10.0 Å². The van der Waals surface area contributed by atoms with Gasteiger partial charge >= 0.3 is 0 Å². The first-order chi connectivity index (χ1) is 10.9. The summed E-state index contributed by atoms with van der Waals surface area (Å²) in [6.07, 6.45) is 1.93. The summed E-state index contributed by atoms with van der Waals surface area (Å²) in [5, 5.41) is 10.5. The van der Waals surface area contributed by atoms with E-state index in [9.17, 15) is 14.7 Å². The maximum Gasteiger partial charge on any atom is 0.246 e. The van der Waals surface area contributed by atoms with Gasteiger partial charge in [-0.25, -0.2) is 0 Å². The molecule has 0 atom stereocenters. The number of aromatic hydroxyl groups is 1. The number of benzene rings is 1. The molecule has 1 heterocycles. The molecular formula is C16H18Cl2N2O3. The van der Waals surface area contributed by atoms with E-state index in [1.165, 1.54) is 12.1 Å². The minimum atomic E-state index is -0.113. The average molecular weight is 357 g/mol. The van der Waals surface area contributed by atoms with Gasteiger partial charge in [-0.05, 0) is 24.1 Å². The summed E-state index contributed by atoms with van der Waals surface area (Å²) in [4.78, 5) is 27.1. The van der Waals surface area contributed by atoms with Crippen molar-refractivity contribution in [1.29, 1.82) is 0 Å². The fourth-order valence-corrected chi connectivity index (χ4v) is 2.83. The number of phenols is 1. The highest BCUT2D eigenvalue weighted by Crippen LogP contribution is 2.30. The Morgan fingerprint density at radius 3 is 2.30 bits per heavy atom. The van der Waals surface area contributed by atoms with Gasteiger partial charge in [0.25, 0.3) is 0 Å². The second-order valence-corrected chi connectivity index (χ2v) is 6.12. The highest BCUT2D eigenvalue weighted by Gasteiger charge is 2.22. The molecule has 7 heteroatoms. The molecule has 5 nitrogen and oxygen atoms in total. The van der Waals surface area contributed by atoms with Crippen molar-refractivity contribution in [3.8, 4) is 5.75 Å². The van der Waals surface area contributed by atoms with Gasteiger partial charge in [0.15, 0.2) is 0 Å². The number of phenolic OH excluding ortho intramolecular Hbond substituents is 1. The monoisotopic (exact) mass is 356 g/mol. The van der Waals surface area contributed by atoms with Crippen molar-refractivity contribution < 1.29 is 14.7 Å². The van der Waals surface area contributed by atoms with Crippen LogP contribution in [0.4, 0.5) is 0 Å². The van der Waals surface area contributed by atoms with Crippen molar-refractivity contribution >= 4 is 35.0 Å². The van der Waals surface area contributed by atoms with Gasteiger partial charge in [-0.1, -0.05) is 29.8 Å². The fraction of sp³-hybridized carbons (Fsp3) is 0.375. The van der Waals surface area contributed by atoms with Gasteiger partial charge in [-0.2, -0.15) is 0 Å². The lowest BCUT2D eigenvalue weighted by molar-refractivity contribution is -0.137. The number of aryl methyl sites for hydroxylation is 1. The predicted octanol–water partition coefficient (Wildman–Crippen LogP) is 2.49. The van der Waals surface area contributed by atoms with Crippen LogP contribution in [0.3, 0.4) is 0 Å². The Morgan fingerprint density at radius 2 is 1.70 bits per heavy atom. The smallest absolute Gasteiger partial charge is 0.246 e. The zero-order valence-corrected chi connectivity index (χ0v) is 14.1. The number of nitrogens with zero attached hydrogens (tertiary/aromatic N) is 2. The van der Waals surface area contributed by atoms with Gasteiger partial charge in [-0.15, -0.1) is 0 Å². The van der Waals surface area contributed by atoms with Crippen molar-refractivity contribution in [2.24, 2.45) is 0 Å². The Labute approximate surface area is 145 Å². The molecule has 0 radical (unpaired) electrons. The average Bonchev–Trinajstić information content (AvgIpc) is 2.56. The summed E-state index contributed by atoms with van der Waals surface area (Å²) in [7, 11) is 0. The number of carbonyl (C=O) groups excluding carboxylic acids is 2. The quantitative estimate of drug-likeness (QED) is 0.843. The Hall–Kier alpha value is -1.72. The minimum absolute atomic E-state index is 0.0128. The number of amides is 2. The second-order valence-electron chi connectivity index (χ2n) is 5.31. The normalized spacial score (nSPS) is 14.7. The van der Waals surface area contributed by atoms with Crippen LogP contribution in [-0.2, 0) is 16.0 Å². The molecule has 124 valence electrons. The van der Waals surface area contributed by atoms with Gasteiger partial charge in [0.2, 0.25) is 11.8 Å². The van der Waals surface area contributed by atoms with Crippen LogP contribution in [0, 0.1) is 0 Å². The molecule has 1 saturated heterocycles. The third-order valence-electron chi connectivity index (χ3n) is 3.85. The van der Waals surface area contributed by atoms with Crippen molar-refractivity contribution in [2.45, 2.75) is 12.8 Å². The maximum atomic E-state index is 12.2. The molecule has 0 bridgehead atoms. The molecule has 1 aromatic rings. The van der Waals surface area contributed by atoms with E-state index in [1.807, 2.05) is 0 Å². The third-order valence-corrected chi connectivity index (χ3v) is 4.57. The summed E-state index contributed by atoms with van der Waals surface area (Å²) < 4.78 is 0. The lowest BCUT2D eigenvalue weighted by Crippen LogP contribution is -2.50. The molecule has 0 unspecified atom stereocenters. The summed E-state index contributed by atoms with van der Waals surface area (Å²) in [5.74, 6) is -0.0902. The van der Waals surface area contributed by atoms with Gasteiger partial charge in [0.1, 0.15) is 5.75 Å². The Bertz CT molecular complexity index is 626. The van der Waals surface area contributed by atoms with Crippen LogP contribution in [0.2, 0.25) is 10.0 Å². The maximum absolute atomic E-state index is 12.2. The molecule has 0 aromatic heterocycles. The van der Waals surface area contributed by atoms with Crippen molar-refractivity contribution in [1.82, 2.24) is 9.80 Å². The summed E-state index contributed by atoms with van der Waals surface area (Å²) in [6, 6.07) is 2.95. The first-order valence-electron chi connectivity index (χ1n) is 7.28. The lowest BCUT2D eigenvalue weighted by atomic mass is 10.1. The number of hydrogen-bond acceptors (Lipinski definition) is 3. The van der Waals surface area contributed by atoms with Crippen LogP contribution in [-0.4, -0.2) is 52.9 Å². The number of carbonyl (C=O) groups is 2. The number of piperazine rings is 1. The molecule has 2 amide bonds. The first-order valence-corrected chi connectivity index (χ1v) is 8.04. The van der Waals surface area contributed by atoms with Crippen LogP contribution in [0.1, 0.15) is 12.0 Å². The highest BCUT2D eigenvalue weighted by atomic mass is 35.5. The topological polar surface area (TPSA) is 60.9 Å². The first kappa shape index (κ1) is 17.6. The van der Waals surface area contributed by atoms with Crippen LogP contribution in [0.5, 0.6) is 5.75 Å². The van der Waals surface area contributed by atoms with Gasteiger partial charge < -0.3 is 14.9 Å². The van der Waals surface area contributed by atoms with Crippen LogP contribution in [0.15, 0.2) is 24.8 Å². The van der Waals surface area contributed by atoms with Gasteiger partial charge in [0, 0.05) is 38.7 Å². The van der Waals surface area contributed by atoms with Crippen molar-refractivity contribution in [3.05, 3.63) is 40.4 Å². The predicted molar refractivity (Wildman–Crippen MR) is 89.8 cm³/mol. The molecule has 0 aliphatic carbocycles. The lowest BCUT2D eigenvalue weighted by Gasteiger charge is -2.34. The standard InChI is InChI=1S/C16H18Cl2N2O3/c1-2-15(22)19-5-7-20(8-6-19)16(23)4-3-11-9-12(17)13(18)10-14(11)21/h2,9-10,21H,1,3-8H2. The molecule has 1 N–H and O–H groups in total. The molecule has 1 fully saturated rings. The summed E-state index contributed by atoms with van der Waals surface area (Å²) in [6.45, 7) is 5.49. The third kappa shape index (κ3) is 4.39. The van der Waals surface area contributed by atoms with E-state index in [1.54, 1.807) is 15.9 Å². The Kier molecular flexibility index (Phi) is 5.91. The van der Waals surface area contributed by atoms with Crippen LogP contribution >= 0.6 is 23.2 Å². The Balaban J connectivity index is 1.88. The molecule has 23 heavy (non-hydrogen) atoms. The zero-order valence-electron chi connectivity index (χ0n) is 12.6. The molecule has 2 rings (SSSR count). The van der Waals surface area contributed by atoms with E-state index >= 15 is 0 Å². The highest BCUT2D eigenvalue weighted by molar-refractivity contribution is 6.42. The van der Waals surface area contributed by atoms with E-state index in [0.717, 1.165) is 0 Å². The summed E-state index contributed by atoms with van der Waals surface area (Å²) >= 11 is 11.7. The number of hydrogen-bond donors (Lipinski definition) is 1. The second kappa shape index (κ2) is 7.70. The van der Waals surface area contributed by atoms with Crippen LogP contribution in [0.25, 0.3) is 0 Å². The number of rotatable bonds is 4. The van der Waals surface area contributed by atoms with Gasteiger partial charge in [-0.3, -0.25) is 9.59 Å². The van der Waals surface area contributed by atoms with Crippen molar-refractivity contribution in [3.63, 3.8) is 0 Å². The fourth-order valence-electron chi connectivity index (χ4n) is 2.48. The minimum Gasteiger partial charge on any atom is -0.508 e. The molecule has 1 aliphatic rings. The van der Waals surface area contributed by atoms with E-state index in [-0.39, 0.29) is 29.0 Å². The molecular weight excluding hydrogens is 339 g/mol. The molecule has 1 aromatic carbocycles. The SMILES string of the molecule is C=CC(=O)N1CCN(C(=O)CCc2cc(Cl)c(Cl)cc2O)CC1. The van der Waals surface area contributed by atoms with E-state index in [4.69, 9.17) is 23.2 Å². The zero-order chi connectivity index (χ0) is 17.0. The molecule has 1 aliphatic heterocycles. The largest absolute Gasteiger partial charge is 0.508 e. The van der Waals surface area contributed by atoms with Crippen LogP contribution < -0.4 is 0 Å².